The van der Waals surface area contributed by atoms with Gasteiger partial charge in [-0.15, -0.1) is 0 Å². The second kappa shape index (κ2) is 9.53. The van der Waals surface area contributed by atoms with Crippen LogP contribution in [0.2, 0.25) is 0 Å². The number of alkyl halides is 3. The molecule has 7 heteroatoms. The molecule has 4 nitrogen and oxygen atoms in total. The predicted molar refractivity (Wildman–Crippen MR) is 117 cm³/mol. The lowest BCUT2D eigenvalue weighted by Crippen LogP contribution is -2.44. The van der Waals surface area contributed by atoms with Gasteiger partial charge in [0.2, 0.25) is 0 Å². The van der Waals surface area contributed by atoms with Crippen molar-refractivity contribution in [3.8, 4) is 5.75 Å². The van der Waals surface area contributed by atoms with Gasteiger partial charge in [-0.05, 0) is 61.5 Å². The summed E-state index contributed by atoms with van der Waals surface area (Å²) in [6, 6.07) is 13.4. The van der Waals surface area contributed by atoms with Gasteiger partial charge in [0.1, 0.15) is 5.75 Å². The topological polar surface area (TPSA) is 32.8 Å². The molecule has 32 heavy (non-hydrogen) atoms. The van der Waals surface area contributed by atoms with Gasteiger partial charge < -0.3 is 14.5 Å². The van der Waals surface area contributed by atoms with E-state index in [4.69, 9.17) is 4.74 Å². The number of carbonyl (C=O) groups is 1. The standard InChI is InChI=1S/C25H29F3N2O2/c1-29(24(31)23-16-20-6-2-3-8-22(20)32-23)17-19-10-13-30(14-11-19)12-9-18-5-4-7-21(15-18)25(26,27)28/h2-8,15,19,23H,9-14,16-17H2,1H3/t23-/m0/s1. The van der Waals surface area contributed by atoms with Crippen LogP contribution in [0, 0.1) is 5.92 Å². The first-order chi connectivity index (χ1) is 15.3. The summed E-state index contributed by atoms with van der Waals surface area (Å²) in [4.78, 5) is 16.9. The number of rotatable bonds is 6. The van der Waals surface area contributed by atoms with Crippen LogP contribution in [-0.2, 0) is 23.8 Å². The monoisotopic (exact) mass is 446 g/mol. The number of piperidine rings is 1. The minimum Gasteiger partial charge on any atom is -0.480 e. The molecule has 0 aliphatic carbocycles. The number of amides is 1. The second-order valence-electron chi connectivity index (χ2n) is 8.87. The van der Waals surface area contributed by atoms with E-state index in [1.807, 2.05) is 31.3 Å². The maximum Gasteiger partial charge on any atom is 0.416 e. The first-order valence-corrected chi connectivity index (χ1v) is 11.2. The van der Waals surface area contributed by atoms with Gasteiger partial charge in [-0.1, -0.05) is 36.4 Å². The van der Waals surface area contributed by atoms with Crippen molar-refractivity contribution in [2.45, 2.75) is 38.0 Å². The first-order valence-electron chi connectivity index (χ1n) is 11.2. The number of nitrogens with zero attached hydrogens (tertiary/aromatic N) is 2. The van der Waals surface area contributed by atoms with Crippen LogP contribution in [0.1, 0.15) is 29.5 Å². The minimum atomic E-state index is -4.30. The Morgan fingerprint density at radius 3 is 2.59 bits per heavy atom. The van der Waals surface area contributed by atoms with E-state index in [0.717, 1.165) is 49.9 Å². The quantitative estimate of drug-likeness (QED) is 0.659. The zero-order valence-corrected chi connectivity index (χ0v) is 18.3. The number of ether oxygens (including phenoxy) is 1. The van der Waals surface area contributed by atoms with Crippen molar-refractivity contribution in [2.24, 2.45) is 5.92 Å². The summed E-state index contributed by atoms with van der Waals surface area (Å²) in [6.45, 7) is 3.25. The van der Waals surface area contributed by atoms with E-state index >= 15 is 0 Å². The van der Waals surface area contributed by atoms with Crippen LogP contribution in [0.15, 0.2) is 48.5 Å². The number of hydrogen-bond donors (Lipinski definition) is 0. The Morgan fingerprint density at radius 2 is 1.88 bits per heavy atom. The SMILES string of the molecule is CN(CC1CCN(CCc2cccc(C(F)(F)F)c2)CC1)C(=O)[C@@H]1Cc2ccccc2O1. The van der Waals surface area contributed by atoms with Gasteiger partial charge in [-0.3, -0.25) is 4.79 Å². The third-order valence-electron chi connectivity index (χ3n) is 6.51. The summed E-state index contributed by atoms with van der Waals surface area (Å²) in [6.07, 6.45) is -1.56. The molecule has 0 saturated carbocycles. The van der Waals surface area contributed by atoms with Crippen molar-refractivity contribution < 1.29 is 22.7 Å². The molecule has 1 fully saturated rings. The summed E-state index contributed by atoms with van der Waals surface area (Å²) in [5.74, 6) is 1.25. The molecule has 0 radical (unpaired) electrons. The Morgan fingerprint density at radius 1 is 1.12 bits per heavy atom. The third kappa shape index (κ3) is 5.44. The van der Waals surface area contributed by atoms with E-state index in [-0.39, 0.29) is 5.91 Å². The number of likely N-dealkylation sites (N-methyl/N-ethyl adjacent to an activating group) is 1. The van der Waals surface area contributed by atoms with Gasteiger partial charge in [0.15, 0.2) is 6.10 Å². The predicted octanol–water partition coefficient (Wildman–Crippen LogP) is 4.42. The summed E-state index contributed by atoms with van der Waals surface area (Å²) < 4.78 is 44.5. The van der Waals surface area contributed by atoms with Gasteiger partial charge in [0.05, 0.1) is 5.56 Å². The van der Waals surface area contributed by atoms with Crippen LogP contribution in [0.25, 0.3) is 0 Å². The van der Waals surface area contributed by atoms with Gasteiger partial charge in [0, 0.05) is 26.6 Å². The van der Waals surface area contributed by atoms with E-state index in [2.05, 4.69) is 4.90 Å². The fraction of sp³-hybridized carbons (Fsp3) is 0.480. The fourth-order valence-corrected chi connectivity index (χ4v) is 4.63. The smallest absolute Gasteiger partial charge is 0.416 e. The molecule has 1 atom stereocenters. The molecular weight excluding hydrogens is 417 g/mol. The third-order valence-corrected chi connectivity index (χ3v) is 6.51. The molecule has 0 spiro atoms. The van der Waals surface area contributed by atoms with Crippen LogP contribution in [0.4, 0.5) is 13.2 Å². The van der Waals surface area contributed by atoms with Crippen LogP contribution in [0.3, 0.4) is 0 Å². The van der Waals surface area contributed by atoms with Crippen molar-refractivity contribution in [3.63, 3.8) is 0 Å². The average Bonchev–Trinajstić information content (AvgIpc) is 3.22. The molecule has 0 bridgehead atoms. The van der Waals surface area contributed by atoms with Gasteiger partial charge >= 0.3 is 6.18 Å². The Bertz CT molecular complexity index is 914. The number of carbonyl (C=O) groups excluding carboxylic acids is 1. The van der Waals surface area contributed by atoms with E-state index < -0.39 is 17.8 Å². The highest BCUT2D eigenvalue weighted by atomic mass is 19.4. The molecule has 4 rings (SSSR count). The number of fused-ring (bicyclic) bond motifs is 1. The highest BCUT2D eigenvalue weighted by molar-refractivity contribution is 5.82. The lowest BCUT2D eigenvalue weighted by Gasteiger charge is -2.34. The molecule has 0 unspecified atom stereocenters. The highest BCUT2D eigenvalue weighted by Gasteiger charge is 2.32. The molecular formula is C25H29F3N2O2. The van der Waals surface area contributed by atoms with Gasteiger partial charge in [0.25, 0.3) is 5.91 Å². The number of likely N-dealkylation sites (tertiary alicyclic amines) is 1. The van der Waals surface area contributed by atoms with Gasteiger partial charge in [-0.25, -0.2) is 0 Å². The zero-order valence-electron chi connectivity index (χ0n) is 18.3. The normalized spacial score (nSPS) is 19.4. The lowest BCUT2D eigenvalue weighted by atomic mass is 9.95. The van der Waals surface area contributed by atoms with Crippen LogP contribution in [-0.4, -0.2) is 55.0 Å². The Labute approximate surface area is 187 Å². The van der Waals surface area contributed by atoms with Crippen LogP contribution < -0.4 is 4.74 Å². The number of hydrogen-bond acceptors (Lipinski definition) is 3. The summed E-state index contributed by atoms with van der Waals surface area (Å²) >= 11 is 0. The average molecular weight is 447 g/mol. The zero-order chi connectivity index (χ0) is 22.7. The van der Waals surface area contributed by atoms with Gasteiger partial charge in [-0.2, -0.15) is 13.2 Å². The fourth-order valence-electron chi connectivity index (χ4n) is 4.63. The Hall–Kier alpha value is -2.54. The highest BCUT2D eigenvalue weighted by Crippen LogP contribution is 2.30. The Balaban J connectivity index is 1.20. The van der Waals surface area contributed by atoms with Crippen molar-refractivity contribution >= 4 is 5.91 Å². The molecule has 1 amide bonds. The number of benzene rings is 2. The molecule has 2 aromatic carbocycles. The molecule has 2 heterocycles. The maximum absolute atomic E-state index is 12.9. The van der Waals surface area contributed by atoms with Crippen LogP contribution in [0.5, 0.6) is 5.75 Å². The molecule has 1 saturated heterocycles. The van der Waals surface area contributed by atoms with Crippen molar-refractivity contribution in [2.75, 3.05) is 33.2 Å². The molecule has 2 aliphatic rings. The van der Waals surface area contributed by atoms with Crippen molar-refractivity contribution in [1.29, 1.82) is 0 Å². The second-order valence-corrected chi connectivity index (χ2v) is 8.87. The van der Waals surface area contributed by atoms with E-state index in [1.54, 1.807) is 11.0 Å². The molecule has 0 N–H and O–H groups in total. The van der Waals surface area contributed by atoms with E-state index in [1.165, 1.54) is 12.1 Å². The minimum absolute atomic E-state index is 0.0215. The molecule has 0 aromatic heterocycles. The Kier molecular flexibility index (Phi) is 6.74. The maximum atomic E-state index is 12.9. The molecule has 2 aliphatic heterocycles. The van der Waals surface area contributed by atoms with Crippen LogP contribution >= 0.6 is 0 Å². The van der Waals surface area contributed by atoms with Crippen molar-refractivity contribution in [3.05, 3.63) is 65.2 Å². The van der Waals surface area contributed by atoms with Crippen molar-refractivity contribution in [1.82, 2.24) is 9.80 Å². The summed E-state index contributed by atoms with van der Waals surface area (Å²) in [5, 5.41) is 0. The van der Waals surface area contributed by atoms with E-state index in [9.17, 15) is 18.0 Å². The summed E-state index contributed by atoms with van der Waals surface area (Å²) in [7, 11) is 1.84. The first kappa shape index (κ1) is 22.6. The lowest BCUT2D eigenvalue weighted by molar-refractivity contribution is -0.138. The molecule has 172 valence electrons. The number of halogens is 3. The van der Waals surface area contributed by atoms with E-state index in [0.29, 0.717) is 30.9 Å². The molecule has 2 aromatic rings. The number of para-hydroxylation sites is 1. The summed E-state index contributed by atoms with van der Waals surface area (Å²) in [5.41, 5.74) is 1.20. The largest absolute Gasteiger partial charge is 0.480 e.